The van der Waals surface area contributed by atoms with Gasteiger partial charge in [0.15, 0.2) is 0 Å². The normalized spacial score (nSPS) is 13.5. The van der Waals surface area contributed by atoms with E-state index in [0.717, 1.165) is 22.4 Å². The zero-order chi connectivity index (χ0) is 23.5. The van der Waals surface area contributed by atoms with Gasteiger partial charge < -0.3 is 10.1 Å². The zero-order valence-corrected chi connectivity index (χ0v) is 18.8. The molecule has 0 unspecified atom stereocenters. The molecule has 3 aromatic rings. The first-order chi connectivity index (χ1) is 15.9. The Morgan fingerprint density at radius 1 is 0.970 bits per heavy atom. The van der Waals surface area contributed by atoms with Gasteiger partial charge in [-0.25, -0.2) is 9.69 Å². The molecule has 1 aliphatic rings. The van der Waals surface area contributed by atoms with Crippen LogP contribution in [0.15, 0.2) is 83.5 Å². The van der Waals surface area contributed by atoms with Crippen molar-refractivity contribution in [1.82, 2.24) is 0 Å². The molecule has 0 bridgehead atoms. The summed E-state index contributed by atoms with van der Waals surface area (Å²) in [6, 6.07) is 20.8. The number of esters is 1. The number of nitrogens with one attached hydrogen (secondary N) is 1. The zero-order valence-electron chi connectivity index (χ0n) is 18.1. The van der Waals surface area contributed by atoms with Gasteiger partial charge in [0.05, 0.1) is 11.3 Å². The molecule has 1 aliphatic heterocycles. The van der Waals surface area contributed by atoms with Crippen molar-refractivity contribution in [3.05, 3.63) is 100 Å². The number of nitrogens with zero attached hydrogens (tertiary/aromatic N) is 1. The number of carbonyl (C=O) groups is 3. The second kappa shape index (κ2) is 9.30. The highest BCUT2D eigenvalue weighted by atomic mass is 35.5. The maximum Gasteiger partial charge on any atom is 0.343 e. The fraction of sp³-hybridized carbons (Fsp3) is 0.115. The molecule has 0 saturated heterocycles. The Morgan fingerprint density at radius 2 is 1.70 bits per heavy atom. The molecular weight excluding hydrogens is 440 g/mol. The number of imide groups is 1. The molecule has 0 radical (unpaired) electrons. The summed E-state index contributed by atoms with van der Waals surface area (Å²) in [5, 5.41) is 2.71. The van der Waals surface area contributed by atoms with Gasteiger partial charge in [-0.05, 0) is 66.9 Å². The molecule has 0 fully saturated rings. The average Bonchev–Trinajstić information content (AvgIpc) is 3.03. The summed E-state index contributed by atoms with van der Waals surface area (Å²) in [4.78, 5) is 39.1. The number of rotatable bonds is 6. The fourth-order valence-electron chi connectivity index (χ4n) is 3.50. The highest BCUT2D eigenvalue weighted by Gasteiger charge is 2.39. The fourth-order valence-corrected chi connectivity index (χ4v) is 3.71. The molecule has 0 atom stereocenters. The number of halogens is 1. The van der Waals surface area contributed by atoms with Gasteiger partial charge in [0.25, 0.3) is 11.8 Å². The van der Waals surface area contributed by atoms with Crippen molar-refractivity contribution in [3.8, 4) is 5.75 Å². The van der Waals surface area contributed by atoms with Crippen LogP contribution < -0.4 is 15.0 Å². The number of ether oxygens (including phenoxy) is 1. The molecule has 1 N–H and O–H groups in total. The van der Waals surface area contributed by atoms with E-state index in [1.54, 1.807) is 48.5 Å². The van der Waals surface area contributed by atoms with E-state index in [4.69, 9.17) is 16.3 Å². The second-order valence-electron chi connectivity index (χ2n) is 7.53. The Hall–Kier alpha value is -3.90. The molecule has 7 heteroatoms. The maximum absolute atomic E-state index is 12.9. The number of anilines is 2. The third-order valence-corrected chi connectivity index (χ3v) is 5.58. The van der Waals surface area contributed by atoms with Gasteiger partial charge >= 0.3 is 5.97 Å². The van der Waals surface area contributed by atoms with Crippen LogP contribution in [0.1, 0.15) is 28.4 Å². The molecule has 2 amide bonds. The van der Waals surface area contributed by atoms with Gasteiger partial charge in [-0.3, -0.25) is 9.59 Å². The van der Waals surface area contributed by atoms with Crippen LogP contribution in [-0.2, 0) is 16.0 Å². The van der Waals surface area contributed by atoms with E-state index in [2.05, 4.69) is 5.32 Å². The molecule has 0 saturated carbocycles. The van der Waals surface area contributed by atoms with Crippen molar-refractivity contribution in [3.63, 3.8) is 0 Å². The average molecular weight is 461 g/mol. The molecule has 166 valence electrons. The molecule has 0 aromatic heterocycles. The second-order valence-corrected chi connectivity index (χ2v) is 7.90. The predicted octanol–water partition coefficient (Wildman–Crippen LogP) is 5.21. The summed E-state index contributed by atoms with van der Waals surface area (Å²) in [6.07, 6.45) is 0.745. The van der Waals surface area contributed by atoms with Gasteiger partial charge in [0.2, 0.25) is 0 Å². The van der Waals surface area contributed by atoms with Crippen LogP contribution in [0.3, 0.4) is 0 Å². The number of aryl methyl sites for hydroxylation is 2. The lowest BCUT2D eigenvalue weighted by Gasteiger charge is -2.15. The molecule has 3 aromatic carbocycles. The van der Waals surface area contributed by atoms with E-state index in [0.29, 0.717) is 22.7 Å². The minimum Gasteiger partial charge on any atom is -0.423 e. The summed E-state index contributed by atoms with van der Waals surface area (Å²) in [5.74, 6) is -1.10. The molecular formula is C26H21ClN2O4. The molecule has 33 heavy (non-hydrogen) atoms. The van der Waals surface area contributed by atoms with E-state index >= 15 is 0 Å². The minimum absolute atomic E-state index is 0.0182. The first-order valence-electron chi connectivity index (χ1n) is 10.4. The molecule has 0 aliphatic carbocycles. The van der Waals surface area contributed by atoms with Crippen LogP contribution in [0, 0.1) is 6.92 Å². The minimum atomic E-state index is -0.593. The SMILES string of the molecule is CCc1ccccc1OC(=O)c1ccc(NC2=C(Cl)C(=O)N(c3cccc(C)c3)C2=O)cc1. The van der Waals surface area contributed by atoms with Crippen molar-refractivity contribution >= 4 is 40.8 Å². The van der Waals surface area contributed by atoms with E-state index in [1.807, 2.05) is 38.1 Å². The number of para-hydroxylation sites is 1. The molecule has 6 nitrogen and oxygen atoms in total. The monoisotopic (exact) mass is 460 g/mol. The summed E-state index contributed by atoms with van der Waals surface area (Å²) in [6.45, 7) is 3.86. The summed E-state index contributed by atoms with van der Waals surface area (Å²) >= 11 is 6.19. The van der Waals surface area contributed by atoms with Crippen molar-refractivity contribution < 1.29 is 19.1 Å². The van der Waals surface area contributed by atoms with Crippen LogP contribution in [0.5, 0.6) is 5.75 Å². The Bertz CT molecular complexity index is 1280. The van der Waals surface area contributed by atoms with E-state index in [-0.39, 0.29) is 10.7 Å². The quantitative estimate of drug-likeness (QED) is 0.310. The Kier molecular flexibility index (Phi) is 6.29. The Labute approximate surface area is 196 Å². The Balaban J connectivity index is 1.49. The van der Waals surface area contributed by atoms with Gasteiger partial charge in [-0.15, -0.1) is 0 Å². The van der Waals surface area contributed by atoms with Crippen molar-refractivity contribution in [2.24, 2.45) is 0 Å². The van der Waals surface area contributed by atoms with Crippen LogP contribution in [-0.4, -0.2) is 17.8 Å². The lowest BCUT2D eigenvalue weighted by molar-refractivity contribution is -0.120. The number of carbonyl (C=O) groups excluding carboxylic acids is 3. The van der Waals surface area contributed by atoms with Gasteiger partial charge in [-0.1, -0.05) is 48.9 Å². The number of benzene rings is 3. The third-order valence-electron chi connectivity index (χ3n) is 5.23. The van der Waals surface area contributed by atoms with Crippen LogP contribution in [0.4, 0.5) is 11.4 Å². The lowest BCUT2D eigenvalue weighted by atomic mass is 10.1. The summed E-state index contributed by atoms with van der Waals surface area (Å²) in [7, 11) is 0. The van der Waals surface area contributed by atoms with Crippen molar-refractivity contribution in [2.75, 3.05) is 10.2 Å². The number of amides is 2. The van der Waals surface area contributed by atoms with Crippen LogP contribution >= 0.6 is 11.6 Å². The third kappa shape index (κ3) is 4.52. The van der Waals surface area contributed by atoms with E-state index in [1.165, 1.54) is 0 Å². The van der Waals surface area contributed by atoms with E-state index in [9.17, 15) is 14.4 Å². The van der Waals surface area contributed by atoms with Gasteiger partial charge in [0, 0.05) is 5.69 Å². The first kappa shape index (κ1) is 22.3. The standard InChI is InChI=1S/C26H21ClN2O4/c1-3-17-8-4-5-10-21(17)33-26(32)18-11-13-19(14-12-18)28-23-22(27)24(30)29(25(23)31)20-9-6-7-16(2)15-20/h4-15,28H,3H2,1-2H3. The first-order valence-corrected chi connectivity index (χ1v) is 10.8. The van der Waals surface area contributed by atoms with Gasteiger partial charge in [-0.2, -0.15) is 0 Å². The molecule has 4 rings (SSSR count). The largest absolute Gasteiger partial charge is 0.423 e. The molecule has 0 spiro atoms. The van der Waals surface area contributed by atoms with Crippen molar-refractivity contribution in [1.29, 1.82) is 0 Å². The summed E-state index contributed by atoms with van der Waals surface area (Å²) in [5.41, 5.74) is 3.13. The highest BCUT2D eigenvalue weighted by molar-refractivity contribution is 6.53. The van der Waals surface area contributed by atoms with Gasteiger partial charge in [0.1, 0.15) is 16.5 Å². The number of hydrogen-bond donors (Lipinski definition) is 1. The Morgan fingerprint density at radius 3 is 2.39 bits per heavy atom. The summed E-state index contributed by atoms with van der Waals surface area (Å²) < 4.78 is 5.52. The number of hydrogen-bond acceptors (Lipinski definition) is 5. The predicted molar refractivity (Wildman–Crippen MR) is 127 cm³/mol. The van der Waals surface area contributed by atoms with Crippen molar-refractivity contribution in [2.45, 2.75) is 20.3 Å². The molecule has 1 heterocycles. The lowest BCUT2D eigenvalue weighted by Crippen LogP contribution is -2.32. The smallest absolute Gasteiger partial charge is 0.343 e. The highest BCUT2D eigenvalue weighted by Crippen LogP contribution is 2.30. The van der Waals surface area contributed by atoms with Crippen LogP contribution in [0.2, 0.25) is 0 Å². The van der Waals surface area contributed by atoms with Crippen LogP contribution in [0.25, 0.3) is 0 Å². The topological polar surface area (TPSA) is 75.7 Å². The van der Waals surface area contributed by atoms with E-state index < -0.39 is 17.8 Å². The maximum atomic E-state index is 12.9.